The van der Waals surface area contributed by atoms with Crippen LogP contribution >= 0.6 is 0 Å². The number of hydrogen-bond acceptors (Lipinski definition) is 2. The van der Waals surface area contributed by atoms with Crippen LogP contribution in [0.5, 0.6) is 0 Å². The number of amides is 1. The van der Waals surface area contributed by atoms with E-state index in [2.05, 4.69) is 0 Å². The smallest absolute Gasteiger partial charge is 0.223 e. The van der Waals surface area contributed by atoms with Gasteiger partial charge in [0.2, 0.25) is 5.91 Å². The Balaban J connectivity index is 1.99. The maximum Gasteiger partial charge on any atom is 0.223 e. The molecule has 4 rings (SSSR count). The molecule has 84 valence electrons. The molecule has 0 aromatic rings. The van der Waals surface area contributed by atoms with Gasteiger partial charge in [0.25, 0.3) is 0 Å². The fraction of sp³-hybridized carbons (Fsp3) is 0.917. The molecule has 0 saturated heterocycles. The number of primary amides is 1. The van der Waals surface area contributed by atoms with E-state index in [1.165, 1.54) is 6.42 Å². The Bertz CT molecular complexity index is 299. The van der Waals surface area contributed by atoms with Crippen molar-refractivity contribution in [2.24, 2.45) is 28.4 Å². The maximum atomic E-state index is 11.7. The van der Waals surface area contributed by atoms with E-state index in [4.69, 9.17) is 5.73 Å². The van der Waals surface area contributed by atoms with Crippen LogP contribution in [0.25, 0.3) is 0 Å². The highest BCUT2D eigenvalue weighted by Crippen LogP contribution is 2.64. The van der Waals surface area contributed by atoms with Crippen molar-refractivity contribution in [2.45, 2.75) is 38.5 Å². The van der Waals surface area contributed by atoms with Crippen molar-refractivity contribution in [3.8, 4) is 0 Å². The standard InChI is InChI=1S/C12H19NO2/c13-10(15)12-4-8-1-9(5-12)3-11(2-8,6-12)7-14/h8-9,14H,1-7H2,(H2,13,15). The van der Waals surface area contributed by atoms with Crippen LogP contribution in [-0.4, -0.2) is 17.6 Å². The first-order chi connectivity index (χ1) is 7.07. The van der Waals surface area contributed by atoms with E-state index in [0.29, 0.717) is 11.8 Å². The summed E-state index contributed by atoms with van der Waals surface area (Å²) in [6, 6.07) is 0. The molecular weight excluding hydrogens is 190 g/mol. The second-order valence-corrected chi connectivity index (χ2v) is 6.26. The second kappa shape index (κ2) is 2.76. The van der Waals surface area contributed by atoms with Crippen LogP contribution in [0.1, 0.15) is 38.5 Å². The topological polar surface area (TPSA) is 63.3 Å². The Morgan fingerprint density at radius 1 is 1.27 bits per heavy atom. The molecule has 2 atom stereocenters. The third-order valence-corrected chi connectivity index (χ3v) is 5.04. The highest BCUT2D eigenvalue weighted by Gasteiger charge is 2.59. The second-order valence-electron chi connectivity index (χ2n) is 6.26. The SMILES string of the molecule is NC(=O)C12CC3CC(CC(CO)(C3)C1)C2. The minimum Gasteiger partial charge on any atom is -0.396 e. The lowest BCUT2D eigenvalue weighted by Crippen LogP contribution is -2.57. The Morgan fingerprint density at radius 3 is 2.33 bits per heavy atom. The van der Waals surface area contributed by atoms with Gasteiger partial charge in [0.05, 0.1) is 5.41 Å². The van der Waals surface area contributed by atoms with E-state index in [1.807, 2.05) is 0 Å². The molecule has 2 unspecified atom stereocenters. The van der Waals surface area contributed by atoms with Gasteiger partial charge in [0.1, 0.15) is 0 Å². The Hall–Kier alpha value is -0.570. The van der Waals surface area contributed by atoms with Gasteiger partial charge in [-0.05, 0) is 55.8 Å². The molecule has 3 nitrogen and oxygen atoms in total. The molecule has 4 fully saturated rings. The molecule has 4 aliphatic rings. The van der Waals surface area contributed by atoms with Gasteiger partial charge >= 0.3 is 0 Å². The first kappa shape index (κ1) is 9.64. The van der Waals surface area contributed by atoms with Crippen molar-refractivity contribution in [2.75, 3.05) is 6.61 Å². The summed E-state index contributed by atoms with van der Waals surface area (Å²) in [5.41, 5.74) is 5.37. The summed E-state index contributed by atoms with van der Waals surface area (Å²) >= 11 is 0. The Morgan fingerprint density at radius 2 is 1.87 bits per heavy atom. The van der Waals surface area contributed by atoms with Gasteiger partial charge in [-0.15, -0.1) is 0 Å². The molecule has 0 aliphatic heterocycles. The number of aliphatic hydroxyl groups excluding tert-OH is 1. The van der Waals surface area contributed by atoms with E-state index in [-0.39, 0.29) is 23.3 Å². The van der Waals surface area contributed by atoms with Gasteiger partial charge in [-0.1, -0.05) is 0 Å². The van der Waals surface area contributed by atoms with Crippen molar-refractivity contribution in [3.63, 3.8) is 0 Å². The molecule has 4 saturated carbocycles. The van der Waals surface area contributed by atoms with Gasteiger partial charge in [-0.3, -0.25) is 4.79 Å². The molecule has 3 heteroatoms. The largest absolute Gasteiger partial charge is 0.396 e. The summed E-state index contributed by atoms with van der Waals surface area (Å²) in [6.07, 6.45) is 6.32. The monoisotopic (exact) mass is 209 g/mol. The Labute approximate surface area is 90.0 Å². The number of carbonyl (C=O) groups excluding carboxylic acids is 1. The third-order valence-electron chi connectivity index (χ3n) is 5.04. The zero-order chi connectivity index (χ0) is 10.7. The molecule has 0 aromatic heterocycles. The van der Waals surface area contributed by atoms with E-state index < -0.39 is 0 Å². The highest BCUT2D eigenvalue weighted by molar-refractivity contribution is 5.81. The minimum atomic E-state index is -0.257. The zero-order valence-corrected chi connectivity index (χ0v) is 9.04. The first-order valence-electron chi connectivity index (χ1n) is 5.98. The summed E-state index contributed by atoms with van der Waals surface area (Å²) in [7, 11) is 0. The first-order valence-corrected chi connectivity index (χ1v) is 5.98. The summed E-state index contributed by atoms with van der Waals surface area (Å²) in [5.74, 6) is 1.17. The normalized spacial score (nSPS) is 52.1. The zero-order valence-electron chi connectivity index (χ0n) is 9.04. The predicted octanol–water partition coefficient (Wildman–Crippen LogP) is 1.05. The van der Waals surface area contributed by atoms with Crippen LogP contribution < -0.4 is 5.73 Å². The molecule has 1 amide bonds. The average Bonchev–Trinajstić information content (AvgIpc) is 2.15. The van der Waals surface area contributed by atoms with Crippen molar-refractivity contribution in [3.05, 3.63) is 0 Å². The average molecular weight is 209 g/mol. The molecule has 15 heavy (non-hydrogen) atoms. The molecule has 0 aromatic carbocycles. The molecule has 0 radical (unpaired) electrons. The van der Waals surface area contributed by atoms with Crippen LogP contribution in [0.2, 0.25) is 0 Å². The van der Waals surface area contributed by atoms with Crippen molar-refractivity contribution in [1.29, 1.82) is 0 Å². The molecule has 3 N–H and O–H groups in total. The summed E-state index contributed by atoms with van der Waals surface area (Å²) in [6.45, 7) is 0.245. The minimum absolute atomic E-state index is 0.0408. The molecule has 0 heterocycles. The number of carbonyl (C=O) groups is 1. The van der Waals surface area contributed by atoms with Crippen molar-refractivity contribution >= 4 is 5.91 Å². The fourth-order valence-electron chi connectivity index (χ4n) is 4.93. The van der Waals surface area contributed by atoms with Crippen LogP contribution in [0.4, 0.5) is 0 Å². The van der Waals surface area contributed by atoms with Gasteiger partial charge in [-0.25, -0.2) is 0 Å². The van der Waals surface area contributed by atoms with E-state index >= 15 is 0 Å². The van der Waals surface area contributed by atoms with Gasteiger partial charge in [-0.2, -0.15) is 0 Å². The van der Waals surface area contributed by atoms with Crippen LogP contribution in [-0.2, 0) is 4.79 Å². The van der Waals surface area contributed by atoms with Gasteiger partial charge in [0, 0.05) is 6.61 Å². The molecule has 4 bridgehead atoms. The fourth-order valence-corrected chi connectivity index (χ4v) is 4.93. The van der Waals surface area contributed by atoms with Crippen molar-refractivity contribution in [1.82, 2.24) is 0 Å². The maximum absolute atomic E-state index is 11.7. The van der Waals surface area contributed by atoms with E-state index in [9.17, 15) is 9.90 Å². The molecule has 4 aliphatic carbocycles. The lowest BCUT2D eigenvalue weighted by molar-refractivity contribution is -0.159. The Kier molecular flexibility index (Phi) is 1.77. The van der Waals surface area contributed by atoms with E-state index in [1.54, 1.807) is 0 Å². The van der Waals surface area contributed by atoms with Crippen LogP contribution in [0.3, 0.4) is 0 Å². The molecule has 0 spiro atoms. The van der Waals surface area contributed by atoms with Crippen LogP contribution in [0, 0.1) is 22.7 Å². The number of rotatable bonds is 2. The van der Waals surface area contributed by atoms with Crippen molar-refractivity contribution < 1.29 is 9.90 Å². The summed E-state index contributed by atoms with van der Waals surface area (Å²) in [4.78, 5) is 11.7. The number of nitrogens with two attached hydrogens (primary N) is 1. The lowest BCUT2D eigenvalue weighted by atomic mass is 9.44. The predicted molar refractivity (Wildman–Crippen MR) is 55.8 cm³/mol. The number of hydrogen-bond donors (Lipinski definition) is 2. The summed E-state index contributed by atoms with van der Waals surface area (Å²) in [5, 5.41) is 9.58. The number of aliphatic hydroxyl groups is 1. The third kappa shape index (κ3) is 1.19. The van der Waals surface area contributed by atoms with Crippen LogP contribution in [0.15, 0.2) is 0 Å². The summed E-state index contributed by atoms with van der Waals surface area (Å²) < 4.78 is 0. The van der Waals surface area contributed by atoms with E-state index in [0.717, 1.165) is 32.1 Å². The lowest BCUT2D eigenvalue weighted by Gasteiger charge is -2.60. The van der Waals surface area contributed by atoms with Gasteiger partial charge in [0.15, 0.2) is 0 Å². The quantitative estimate of drug-likeness (QED) is 0.714. The molecular formula is C12H19NO2. The van der Waals surface area contributed by atoms with Gasteiger partial charge < -0.3 is 10.8 Å². The highest BCUT2D eigenvalue weighted by atomic mass is 16.3.